The van der Waals surface area contributed by atoms with Crippen LogP contribution in [0.4, 0.5) is 102 Å². The van der Waals surface area contributed by atoms with E-state index >= 15 is 0 Å². The van der Waals surface area contributed by atoms with E-state index in [1.165, 1.54) is 205 Å². The third kappa shape index (κ3) is 10.6. The Morgan fingerprint density at radius 2 is 0.345 bits per heavy atom. The molecule has 0 unspecified atom stereocenters. The molecule has 0 aromatic heterocycles. The zero-order valence-corrected chi connectivity index (χ0v) is 65.1. The largest absolute Gasteiger partial charge is 0.311 e. The zero-order valence-electron chi connectivity index (χ0n) is 65.1. The van der Waals surface area contributed by atoms with Crippen LogP contribution in [0.2, 0.25) is 0 Å². The van der Waals surface area contributed by atoms with Crippen LogP contribution in [0, 0.1) is 0 Å². The van der Waals surface area contributed by atoms with E-state index < -0.39 is 0 Å². The van der Waals surface area contributed by atoms with Gasteiger partial charge in [-0.05, 0) is 191 Å². The number of para-hydroxylation sites is 10. The second-order valence-electron chi connectivity index (χ2n) is 31.6. The number of rotatable bonds is 6. The van der Waals surface area contributed by atoms with Gasteiger partial charge in [-0.25, -0.2) is 0 Å². The van der Waals surface area contributed by atoms with Gasteiger partial charge in [0.15, 0.2) is 0 Å². The normalized spacial score (nSPS) is 13.2. The van der Waals surface area contributed by atoms with Gasteiger partial charge in [0, 0.05) is 112 Å². The van der Waals surface area contributed by atoms with E-state index in [4.69, 9.17) is 0 Å². The second-order valence-corrected chi connectivity index (χ2v) is 31.6. The van der Waals surface area contributed by atoms with Crippen molar-refractivity contribution in [3.05, 3.63) is 443 Å². The maximum Gasteiger partial charge on any atom is 0.252 e. The Kier molecular flexibility index (Phi) is 15.9. The molecule has 0 amide bonds. The summed E-state index contributed by atoms with van der Waals surface area (Å²) in [4.78, 5) is 14.9. The van der Waals surface area contributed by atoms with Crippen LogP contribution in [0.15, 0.2) is 443 Å². The van der Waals surface area contributed by atoms with Crippen LogP contribution in [0.5, 0.6) is 0 Å². The van der Waals surface area contributed by atoms with Crippen LogP contribution in [-0.2, 0) is 0 Å². The molecule has 0 saturated heterocycles. The number of fused-ring (bicyclic) bond motifs is 22. The standard InChI is InChI=1S/2C38H25BN2.C34H23BN2/c1-3-15-28(16-4-1)40-34-22-12-11-21-32(34)39-33-24-23-26-13-7-9-19-30(26)37(33)41(29-17-5-2-6-18-29)35-25-27-14-8-10-20-31(27)38(40)36(35)39;1-3-15-28(16-4-1)40-34-22-12-11-21-32(34)39-33-24-23-26-13-7-9-19-30(26)37(33)41(29-17-5-2-6-18-29)38-31-20-10-8-14-27(31)25-35(40)36(38)39;1-3-14-25(15-4-1)36-30-21-11-9-19-28(30)35-29-20-10-12-22-31(29)37(26-16-5-2-6-17-26)34-27-18-8-7-13-24(27)23-32(36)33(34)35/h2*1-25H;1-23H. The summed E-state index contributed by atoms with van der Waals surface area (Å²) in [6.07, 6.45) is 0. The molecule has 6 heterocycles. The Morgan fingerprint density at radius 1 is 0.134 bits per heavy atom. The molecule has 119 heavy (non-hydrogen) atoms. The number of hydrogen-bond acceptors (Lipinski definition) is 6. The molecule has 0 N–H and O–H groups in total. The molecule has 6 nitrogen and oxygen atoms in total. The molecule has 552 valence electrons. The van der Waals surface area contributed by atoms with Crippen molar-refractivity contribution in [1.82, 2.24) is 0 Å². The van der Waals surface area contributed by atoms with Crippen molar-refractivity contribution in [3.63, 3.8) is 0 Å². The lowest BCUT2D eigenvalue weighted by Crippen LogP contribution is -2.61. The predicted molar refractivity (Wildman–Crippen MR) is 509 cm³/mol. The van der Waals surface area contributed by atoms with E-state index in [0.29, 0.717) is 0 Å². The summed E-state index contributed by atoms with van der Waals surface area (Å²) in [6, 6.07) is 161. The lowest BCUT2D eigenvalue weighted by atomic mass is 9.33. The summed E-state index contributed by atoms with van der Waals surface area (Å²) in [7, 11) is 0. The Hall–Kier alpha value is -15.3. The fraction of sp³-hybridized carbons (Fsp3) is 0. The highest BCUT2D eigenvalue weighted by Gasteiger charge is 2.48. The van der Waals surface area contributed by atoms with Crippen LogP contribution < -0.4 is 78.6 Å². The van der Waals surface area contributed by atoms with Gasteiger partial charge in [-0.1, -0.05) is 328 Å². The van der Waals surface area contributed by atoms with Crippen molar-refractivity contribution < 1.29 is 0 Å². The minimum Gasteiger partial charge on any atom is -0.311 e. The Balaban J connectivity index is 0.000000102. The summed E-state index contributed by atoms with van der Waals surface area (Å²) in [5.74, 6) is 0. The van der Waals surface area contributed by atoms with Crippen molar-refractivity contribution in [2.24, 2.45) is 0 Å². The lowest BCUT2D eigenvalue weighted by Gasteiger charge is -2.45. The van der Waals surface area contributed by atoms with Gasteiger partial charge in [0.1, 0.15) is 0 Å². The first kappa shape index (κ1) is 68.1. The van der Waals surface area contributed by atoms with E-state index in [1.807, 2.05) is 0 Å². The van der Waals surface area contributed by atoms with Gasteiger partial charge in [0.25, 0.3) is 20.1 Å². The summed E-state index contributed by atoms with van der Waals surface area (Å²) in [5.41, 5.74) is 34.3. The van der Waals surface area contributed by atoms with Crippen molar-refractivity contribution in [2.45, 2.75) is 0 Å². The molecule has 0 saturated carbocycles. The molecule has 0 aliphatic carbocycles. The highest BCUT2D eigenvalue weighted by atomic mass is 15.2. The lowest BCUT2D eigenvalue weighted by molar-refractivity contribution is 1.26. The molecule has 9 heteroatoms. The maximum absolute atomic E-state index is 2.53. The quantitative estimate of drug-likeness (QED) is 0.153. The SMILES string of the molecule is c1ccc(N2c3cc4ccccc4c4c3B(c3ccccc3N4c3ccccc3)c3ccc4ccccc4c32)cc1.c1ccc(N2c3ccccc3B3c4ccc5ccccc5c4N(c4ccccc4)c4c3c2cc2ccccc42)cc1.c1ccc(N2c3ccccc3B3c4ccccc4N(c4ccccc4)c4c3c2cc2ccccc42)cc1. The minimum absolute atomic E-state index is 0.111. The fourth-order valence-electron chi connectivity index (χ4n) is 20.6. The average Bonchev–Trinajstić information content (AvgIpc) is 0.699. The molecule has 0 bridgehead atoms. The first-order valence-corrected chi connectivity index (χ1v) is 41.3. The predicted octanol–water partition coefficient (Wildman–Crippen LogP) is 23.1. The molecule has 20 aromatic carbocycles. The molecule has 6 aliphatic heterocycles. The van der Waals surface area contributed by atoms with Crippen LogP contribution in [0.1, 0.15) is 0 Å². The molecular formula is C110H73B3N6. The maximum atomic E-state index is 2.53. The topological polar surface area (TPSA) is 19.4 Å². The molecule has 0 fully saturated rings. The van der Waals surface area contributed by atoms with Gasteiger partial charge >= 0.3 is 0 Å². The fourth-order valence-corrected chi connectivity index (χ4v) is 20.6. The molecule has 26 rings (SSSR count). The first-order chi connectivity index (χ1) is 59.2. The van der Waals surface area contributed by atoms with Gasteiger partial charge in [0.2, 0.25) is 0 Å². The van der Waals surface area contributed by atoms with Crippen LogP contribution >= 0.6 is 0 Å². The summed E-state index contributed by atoms with van der Waals surface area (Å²) in [5, 5.41) is 12.6. The van der Waals surface area contributed by atoms with E-state index in [9.17, 15) is 0 Å². The Labute approximate surface area is 693 Å². The smallest absolute Gasteiger partial charge is 0.252 e. The molecular weight excluding hydrogens is 1440 g/mol. The van der Waals surface area contributed by atoms with E-state index in [2.05, 4.69) is 472 Å². The number of anilines is 18. The summed E-state index contributed by atoms with van der Waals surface area (Å²) >= 11 is 0. The third-order valence-electron chi connectivity index (χ3n) is 25.4. The van der Waals surface area contributed by atoms with E-state index in [-0.39, 0.29) is 20.1 Å². The minimum atomic E-state index is 0.111. The van der Waals surface area contributed by atoms with Crippen molar-refractivity contribution in [3.8, 4) is 0 Å². The number of benzene rings is 20. The first-order valence-electron chi connectivity index (χ1n) is 41.3. The van der Waals surface area contributed by atoms with Crippen molar-refractivity contribution in [2.75, 3.05) is 29.4 Å². The highest BCUT2D eigenvalue weighted by Crippen LogP contribution is 2.53. The van der Waals surface area contributed by atoms with Crippen molar-refractivity contribution >= 4 is 226 Å². The molecule has 0 radical (unpaired) electrons. The van der Waals surface area contributed by atoms with Crippen LogP contribution in [-0.4, -0.2) is 20.1 Å². The number of nitrogens with zero attached hydrogens (tertiary/aromatic N) is 6. The Morgan fingerprint density at radius 3 is 0.672 bits per heavy atom. The van der Waals surface area contributed by atoms with E-state index in [0.717, 1.165) is 0 Å². The van der Waals surface area contributed by atoms with Gasteiger partial charge < -0.3 is 29.4 Å². The number of hydrogen-bond donors (Lipinski definition) is 0. The second kappa shape index (κ2) is 27.7. The molecule has 20 aromatic rings. The monoisotopic (exact) mass is 1510 g/mol. The molecule has 0 spiro atoms. The average molecular weight is 1510 g/mol. The van der Waals surface area contributed by atoms with Gasteiger partial charge in [-0.15, -0.1) is 0 Å². The summed E-state index contributed by atoms with van der Waals surface area (Å²) < 4.78 is 0. The van der Waals surface area contributed by atoms with Gasteiger partial charge in [-0.2, -0.15) is 0 Å². The summed E-state index contributed by atoms with van der Waals surface area (Å²) in [6.45, 7) is 0.377. The molecule has 6 aliphatic rings. The molecule has 0 atom stereocenters. The highest BCUT2D eigenvalue weighted by molar-refractivity contribution is 7.02. The van der Waals surface area contributed by atoms with Crippen molar-refractivity contribution in [1.29, 1.82) is 0 Å². The van der Waals surface area contributed by atoms with Crippen LogP contribution in [0.25, 0.3) is 53.9 Å². The van der Waals surface area contributed by atoms with Gasteiger partial charge in [0.05, 0.1) is 17.1 Å². The van der Waals surface area contributed by atoms with Crippen LogP contribution in [0.3, 0.4) is 0 Å². The zero-order chi connectivity index (χ0) is 78.2. The Bertz CT molecular complexity index is 7400. The van der Waals surface area contributed by atoms with Gasteiger partial charge in [-0.3, -0.25) is 0 Å². The van der Waals surface area contributed by atoms with E-state index in [1.54, 1.807) is 0 Å². The third-order valence-corrected chi connectivity index (χ3v) is 25.4.